The highest BCUT2D eigenvalue weighted by Crippen LogP contribution is 2.19. The molecule has 0 spiro atoms. The summed E-state index contributed by atoms with van der Waals surface area (Å²) < 4.78 is 5.33. The topological polar surface area (TPSA) is 24.5 Å². The summed E-state index contributed by atoms with van der Waals surface area (Å²) in [5.74, 6) is 0. The third-order valence-corrected chi connectivity index (χ3v) is 3.58. The quantitative estimate of drug-likeness (QED) is 0.922. The second-order valence-corrected chi connectivity index (χ2v) is 5.00. The van der Waals surface area contributed by atoms with E-state index in [0.717, 1.165) is 32.8 Å². The van der Waals surface area contributed by atoms with Crippen LogP contribution in [0.2, 0.25) is 0 Å². The van der Waals surface area contributed by atoms with Crippen LogP contribution >= 0.6 is 0 Å². The van der Waals surface area contributed by atoms with E-state index in [9.17, 15) is 0 Å². The fraction of sp³-hybridized carbons (Fsp3) is 0.294. The van der Waals surface area contributed by atoms with Gasteiger partial charge in [-0.1, -0.05) is 54.6 Å². The van der Waals surface area contributed by atoms with E-state index in [1.807, 2.05) is 6.07 Å². The lowest BCUT2D eigenvalue weighted by atomic mass is 10.0. The van der Waals surface area contributed by atoms with Gasteiger partial charge < -0.3 is 4.74 Å². The van der Waals surface area contributed by atoms with Crippen molar-refractivity contribution in [1.82, 2.24) is 10.4 Å². The van der Waals surface area contributed by atoms with Gasteiger partial charge in [0, 0.05) is 19.6 Å². The van der Waals surface area contributed by atoms with Gasteiger partial charge in [0.25, 0.3) is 0 Å². The van der Waals surface area contributed by atoms with Crippen molar-refractivity contribution >= 4 is 0 Å². The number of hydrogen-bond acceptors (Lipinski definition) is 3. The SMILES string of the molecule is c1ccc(-c2ccc(CNN3CCOCC3)cc2)cc1. The Bertz CT molecular complexity index is 518. The van der Waals surface area contributed by atoms with Gasteiger partial charge in [0.15, 0.2) is 0 Å². The molecule has 2 aromatic rings. The number of ether oxygens (including phenoxy) is 1. The van der Waals surface area contributed by atoms with Gasteiger partial charge in [0.2, 0.25) is 0 Å². The van der Waals surface area contributed by atoms with Gasteiger partial charge in [-0.05, 0) is 16.7 Å². The average Bonchev–Trinajstić information content (AvgIpc) is 2.55. The van der Waals surface area contributed by atoms with E-state index in [1.165, 1.54) is 16.7 Å². The summed E-state index contributed by atoms with van der Waals surface area (Å²) in [4.78, 5) is 0. The lowest BCUT2D eigenvalue weighted by Crippen LogP contribution is -2.45. The molecular weight excluding hydrogens is 248 g/mol. The highest BCUT2D eigenvalue weighted by Gasteiger charge is 2.09. The zero-order valence-electron chi connectivity index (χ0n) is 11.6. The maximum atomic E-state index is 5.33. The first-order valence-electron chi connectivity index (χ1n) is 7.12. The normalized spacial score (nSPS) is 16.2. The molecule has 3 nitrogen and oxygen atoms in total. The first-order valence-corrected chi connectivity index (χ1v) is 7.12. The number of hydrogen-bond donors (Lipinski definition) is 1. The van der Waals surface area contributed by atoms with E-state index >= 15 is 0 Å². The summed E-state index contributed by atoms with van der Waals surface area (Å²) in [6.45, 7) is 4.43. The molecule has 0 amide bonds. The molecule has 0 atom stereocenters. The zero-order valence-corrected chi connectivity index (χ0v) is 11.6. The smallest absolute Gasteiger partial charge is 0.0608 e. The van der Waals surface area contributed by atoms with Crippen molar-refractivity contribution in [3.63, 3.8) is 0 Å². The molecule has 0 aliphatic carbocycles. The third-order valence-electron chi connectivity index (χ3n) is 3.58. The van der Waals surface area contributed by atoms with Crippen LogP contribution in [0.5, 0.6) is 0 Å². The van der Waals surface area contributed by atoms with Gasteiger partial charge in [-0.25, -0.2) is 5.01 Å². The van der Waals surface area contributed by atoms with Crippen LogP contribution in [0.25, 0.3) is 11.1 Å². The molecule has 1 aliphatic rings. The monoisotopic (exact) mass is 268 g/mol. The van der Waals surface area contributed by atoms with E-state index in [2.05, 4.69) is 59.0 Å². The number of nitrogens with one attached hydrogen (secondary N) is 1. The maximum Gasteiger partial charge on any atom is 0.0608 e. The highest BCUT2D eigenvalue weighted by molar-refractivity contribution is 5.63. The van der Waals surface area contributed by atoms with Crippen LogP contribution in [0, 0.1) is 0 Å². The molecule has 0 aromatic heterocycles. The van der Waals surface area contributed by atoms with Crippen molar-refractivity contribution in [2.75, 3.05) is 26.3 Å². The summed E-state index contributed by atoms with van der Waals surface area (Å²) in [7, 11) is 0. The predicted octanol–water partition coefficient (Wildman–Crippen LogP) is 2.69. The van der Waals surface area contributed by atoms with E-state index in [-0.39, 0.29) is 0 Å². The van der Waals surface area contributed by atoms with Crippen molar-refractivity contribution in [1.29, 1.82) is 0 Å². The van der Waals surface area contributed by atoms with Gasteiger partial charge in [0.1, 0.15) is 0 Å². The Hall–Kier alpha value is -1.68. The van der Waals surface area contributed by atoms with Crippen LogP contribution in [0.1, 0.15) is 5.56 Å². The Labute approximate surface area is 120 Å². The molecule has 0 bridgehead atoms. The largest absolute Gasteiger partial charge is 0.379 e. The molecule has 1 fully saturated rings. The molecule has 0 unspecified atom stereocenters. The molecule has 0 radical (unpaired) electrons. The molecule has 3 heteroatoms. The fourth-order valence-corrected chi connectivity index (χ4v) is 2.37. The first kappa shape index (κ1) is 13.3. The van der Waals surface area contributed by atoms with Gasteiger partial charge >= 0.3 is 0 Å². The minimum absolute atomic E-state index is 0.819. The predicted molar refractivity (Wildman–Crippen MR) is 81.1 cm³/mol. The van der Waals surface area contributed by atoms with Crippen molar-refractivity contribution in [3.05, 3.63) is 60.2 Å². The molecule has 0 saturated carbocycles. The summed E-state index contributed by atoms with van der Waals surface area (Å²) in [5, 5.41) is 2.23. The van der Waals surface area contributed by atoms with Gasteiger partial charge in [-0.2, -0.15) is 0 Å². The number of benzene rings is 2. The maximum absolute atomic E-state index is 5.33. The number of hydrazine groups is 1. The Morgan fingerprint density at radius 2 is 1.50 bits per heavy atom. The van der Waals surface area contributed by atoms with Crippen LogP contribution < -0.4 is 5.43 Å². The van der Waals surface area contributed by atoms with Gasteiger partial charge in [-0.15, -0.1) is 0 Å². The van der Waals surface area contributed by atoms with Crippen molar-refractivity contribution in [2.45, 2.75) is 6.54 Å². The number of nitrogens with zero attached hydrogens (tertiary/aromatic N) is 1. The minimum atomic E-state index is 0.819. The zero-order chi connectivity index (χ0) is 13.6. The summed E-state index contributed by atoms with van der Waals surface area (Å²) in [6, 6.07) is 19.2. The minimum Gasteiger partial charge on any atom is -0.379 e. The molecule has 2 aromatic carbocycles. The van der Waals surface area contributed by atoms with Gasteiger partial charge in [0.05, 0.1) is 13.2 Å². The van der Waals surface area contributed by atoms with E-state index in [0.29, 0.717) is 0 Å². The second-order valence-electron chi connectivity index (χ2n) is 5.00. The van der Waals surface area contributed by atoms with Crippen LogP contribution in [-0.2, 0) is 11.3 Å². The van der Waals surface area contributed by atoms with Crippen molar-refractivity contribution < 1.29 is 4.74 Å². The molecule has 20 heavy (non-hydrogen) atoms. The third kappa shape index (κ3) is 3.45. The average molecular weight is 268 g/mol. The van der Waals surface area contributed by atoms with Crippen LogP contribution in [0.4, 0.5) is 0 Å². The Kier molecular flexibility index (Phi) is 4.43. The Morgan fingerprint density at radius 3 is 2.20 bits per heavy atom. The van der Waals surface area contributed by atoms with Crippen LogP contribution in [-0.4, -0.2) is 31.3 Å². The number of morpholine rings is 1. The molecule has 1 aliphatic heterocycles. The van der Waals surface area contributed by atoms with Gasteiger partial charge in [-0.3, -0.25) is 5.43 Å². The molecule has 3 rings (SSSR count). The van der Waals surface area contributed by atoms with Crippen molar-refractivity contribution in [2.24, 2.45) is 0 Å². The molecule has 1 N–H and O–H groups in total. The van der Waals surface area contributed by atoms with E-state index < -0.39 is 0 Å². The molecule has 1 heterocycles. The van der Waals surface area contributed by atoms with E-state index in [4.69, 9.17) is 4.74 Å². The lowest BCUT2D eigenvalue weighted by molar-refractivity contribution is 0.0106. The summed E-state index contributed by atoms with van der Waals surface area (Å²) in [6.07, 6.45) is 0. The molecule has 1 saturated heterocycles. The second kappa shape index (κ2) is 6.66. The molecule has 104 valence electrons. The highest BCUT2D eigenvalue weighted by atomic mass is 16.5. The Balaban J connectivity index is 1.58. The fourth-order valence-electron chi connectivity index (χ4n) is 2.37. The Morgan fingerprint density at radius 1 is 0.850 bits per heavy atom. The number of rotatable bonds is 4. The van der Waals surface area contributed by atoms with E-state index in [1.54, 1.807) is 0 Å². The van der Waals surface area contributed by atoms with Crippen molar-refractivity contribution in [3.8, 4) is 11.1 Å². The standard InChI is InChI=1S/C17H20N2O/c1-2-4-16(5-3-1)17-8-6-15(7-9-17)14-18-19-10-12-20-13-11-19/h1-9,18H,10-14H2. The van der Waals surface area contributed by atoms with Crippen LogP contribution in [0.15, 0.2) is 54.6 Å². The summed E-state index contributed by atoms with van der Waals surface area (Å²) in [5.41, 5.74) is 7.28. The first-order chi connectivity index (χ1) is 9.92. The lowest BCUT2D eigenvalue weighted by Gasteiger charge is -2.27. The molecular formula is C17H20N2O. The summed E-state index contributed by atoms with van der Waals surface area (Å²) >= 11 is 0. The van der Waals surface area contributed by atoms with Crippen LogP contribution in [0.3, 0.4) is 0 Å².